The molecule has 6 nitrogen and oxygen atoms in total. The van der Waals surface area contributed by atoms with E-state index in [2.05, 4.69) is 10.1 Å². The summed E-state index contributed by atoms with van der Waals surface area (Å²) in [5.41, 5.74) is 0.994. The topological polar surface area (TPSA) is 81.5 Å². The van der Waals surface area contributed by atoms with Crippen LogP contribution in [0.1, 0.15) is 11.5 Å². The van der Waals surface area contributed by atoms with Crippen LogP contribution in [0.3, 0.4) is 0 Å². The Labute approximate surface area is 103 Å². The molecule has 0 bridgehead atoms. The molecule has 0 saturated heterocycles. The van der Waals surface area contributed by atoms with Crippen LogP contribution in [0.4, 0.5) is 11.4 Å². The van der Waals surface area contributed by atoms with Crippen molar-refractivity contribution < 1.29 is 9.45 Å². The van der Waals surface area contributed by atoms with Gasteiger partial charge in [0.15, 0.2) is 5.69 Å². The Bertz CT molecular complexity index is 576. The van der Waals surface area contributed by atoms with Crippen LogP contribution >= 0.6 is 0 Å². The molecule has 2 rings (SSSR count). The number of aliphatic imine (C=N–C) groups is 1. The van der Waals surface area contributed by atoms with Gasteiger partial charge in [-0.05, 0) is 19.1 Å². The fourth-order valence-corrected chi connectivity index (χ4v) is 1.53. The molecule has 0 saturated carbocycles. The summed E-state index contributed by atoms with van der Waals surface area (Å²) >= 11 is 0. The van der Waals surface area contributed by atoms with Crippen molar-refractivity contribution >= 4 is 17.6 Å². The molecule has 18 heavy (non-hydrogen) atoms. The highest BCUT2D eigenvalue weighted by atomic mass is 16.6. The standard InChI is InChI=1S/C12H11N3O3/c1-9-12(15(16)17)11(18-14-9)7-8-13-10-5-3-2-4-6-10/h2-6,8H,7H2,1H3. The fraction of sp³-hybridized carbons (Fsp3) is 0.167. The van der Waals surface area contributed by atoms with Crippen molar-refractivity contribution in [3.05, 3.63) is 51.9 Å². The van der Waals surface area contributed by atoms with Crippen molar-refractivity contribution in [1.82, 2.24) is 5.16 Å². The highest BCUT2D eigenvalue weighted by Gasteiger charge is 2.22. The first-order chi connectivity index (χ1) is 8.68. The number of nitro groups is 1. The Balaban J connectivity index is 2.12. The summed E-state index contributed by atoms with van der Waals surface area (Å²) in [4.78, 5) is 14.5. The summed E-state index contributed by atoms with van der Waals surface area (Å²) in [7, 11) is 0. The first-order valence-electron chi connectivity index (χ1n) is 5.35. The summed E-state index contributed by atoms with van der Waals surface area (Å²) < 4.78 is 4.91. The number of para-hydroxylation sites is 1. The lowest BCUT2D eigenvalue weighted by atomic mass is 10.2. The lowest BCUT2D eigenvalue weighted by Crippen LogP contribution is -1.94. The molecule has 0 radical (unpaired) electrons. The van der Waals surface area contributed by atoms with Gasteiger partial charge in [-0.2, -0.15) is 0 Å². The highest BCUT2D eigenvalue weighted by Crippen LogP contribution is 2.22. The number of benzene rings is 1. The minimum Gasteiger partial charge on any atom is -0.353 e. The van der Waals surface area contributed by atoms with Crippen LogP contribution in [-0.2, 0) is 6.42 Å². The molecule has 1 heterocycles. The van der Waals surface area contributed by atoms with Gasteiger partial charge in [0.1, 0.15) is 0 Å². The lowest BCUT2D eigenvalue weighted by molar-refractivity contribution is -0.386. The molecule has 0 atom stereocenters. The van der Waals surface area contributed by atoms with Crippen LogP contribution in [0.2, 0.25) is 0 Å². The largest absolute Gasteiger partial charge is 0.353 e. The number of aryl methyl sites for hydroxylation is 1. The normalized spacial score (nSPS) is 10.9. The van der Waals surface area contributed by atoms with E-state index in [0.717, 1.165) is 5.69 Å². The zero-order chi connectivity index (χ0) is 13.0. The van der Waals surface area contributed by atoms with Crippen LogP contribution in [-0.4, -0.2) is 16.3 Å². The molecule has 0 aliphatic carbocycles. The third-order valence-corrected chi connectivity index (χ3v) is 2.36. The van der Waals surface area contributed by atoms with E-state index in [9.17, 15) is 10.1 Å². The Morgan fingerprint density at radius 1 is 1.44 bits per heavy atom. The van der Waals surface area contributed by atoms with E-state index in [4.69, 9.17) is 4.52 Å². The van der Waals surface area contributed by atoms with Crippen molar-refractivity contribution in [1.29, 1.82) is 0 Å². The second-order valence-electron chi connectivity index (χ2n) is 3.65. The molecule has 0 aliphatic heterocycles. The highest BCUT2D eigenvalue weighted by molar-refractivity contribution is 5.67. The van der Waals surface area contributed by atoms with Gasteiger partial charge in [-0.3, -0.25) is 15.1 Å². The van der Waals surface area contributed by atoms with Gasteiger partial charge in [-0.25, -0.2) is 0 Å². The molecular weight excluding hydrogens is 234 g/mol. The predicted octanol–water partition coefficient (Wildman–Crippen LogP) is 2.84. The van der Waals surface area contributed by atoms with Gasteiger partial charge in [-0.1, -0.05) is 23.4 Å². The van der Waals surface area contributed by atoms with E-state index in [1.165, 1.54) is 0 Å². The molecule has 1 aromatic carbocycles. The van der Waals surface area contributed by atoms with Gasteiger partial charge in [-0.15, -0.1) is 0 Å². The minimum atomic E-state index is -0.489. The van der Waals surface area contributed by atoms with Gasteiger partial charge < -0.3 is 4.52 Å². The van der Waals surface area contributed by atoms with E-state index in [0.29, 0.717) is 0 Å². The average Bonchev–Trinajstić information content (AvgIpc) is 2.72. The number of hydrogen-bond donors (Lipinski definition) is 0. The summed E-state index contributed by atoms with van der Waals surface area (Å²) in [6.07, 6.45) is 1.81. The van der Waals surface area contributed by atoms with Crippen molar-refractivity contribution in [2.24, 2.45) is 4.99 Å². The lowest BCUT2D eigenvalue weighted by Gasteiger charge is -1.91. The molecule has 0 N–H and O–H groups in total. The Hall–Kier alpha value is -2.50. The maximum atomic E-state index is 10.8. The average molecular weight is 245 g/mol. The first-order valence-corrected chi connectivity index (χ1v) is 5.35. The van der Waals surface area contributed by atoms with Crippen molar-refractivity contribution in [3.63, 3.8) is 0 Å². The second kappa shape index (κ2) is 5.22. The summed E-state index contributed by atoms with van der Waals surface area (Å²) in [5.74, 6) is 0.220. The SMILES string of the molecule is Cc1noc(CC=Nc2ccccc2)c1[N+](=O)[O-]. The number of hydrogen-bond acceptors (Lipinski definition) is 5. The number of aromatic nitrogens is 1. The third kappa shape index (κ3) is 2.60. The van der Waals surface area contributed by atoms with E-state index >= 15 is 0 Å². The van der Waals surface area contributed by atoms with E-state index in [1.54, 1.807) is 13.1 Å². The molecule has 0 spiro atoms. The number of rotatable bonds is 4. The monoisotopic (exact) mass is 245 g/mol. The molecule has 0 unspecified atom stereocenters. The second-order valence-corrected chi connectivity index (χ2v) is 3.65. The maximum Gasteiger partial charge on any atom is 0.334 e. The molecule has 6 heteroatoms. The van der Waals surface area contributed by atoms with E-state index in [-0.39, 0.29) is 23.6 Å². The van der Waals surface area contributed by atoms with Crippen LogP contribution in [0.5, 0.6) is 0 Å². The van der Waals surface area contributed by atoms with Gasteiger partial charge in [0.25, 0.3) is 0 Å². The molecule has 0 amide bonds. The molecule has 2 aromatic rings. The van der Waals surface area contributed by atoms with E-state index < -0.39 is 4.92 Å². The molecule has 92 valence electrons. The molecule has 1 aromatic heterocycles. The first kappa shape index (κ1) is 12.0. The fourth-order valence-electron chi connectivity index (χ4n) is 1.53. The predicted molar refractivity (Wildman–Crippen MR) is 66.2 cm³/mol. The van der Waals surface area contributed by atoms with Crippen molar-refractivity contribution in [3.8, 4) is 0 Å². The molecule has 0 fully saturated rings. The van der Waals surface area contributed by atoms with Crippen LogP contribution in [0, 0.1) is 17.0 Å². The van der Waals surface area contributed by atoms with Crippen molar-refractivity contribution in [2.75, 3.05) is 0 Å². The summed E-state index contributed by atoms with van der Waals surface area (Å²) in [5, 5.41) is 14.4. The van der Waals surface area contributed by atoms with Gasteiger partial charge in [0, 0.05) is 6.21 Å². The maximum absolute atomic E-state index is 10.8. The van der Waals surface area contributed by atoms with E-state index in [1.807, 2.05) is 30.3 Å². The van der Waals surface area contributed by atoms with Gasteiger partial charge >= 0.3 is 5.69 Å². The zero-order valence-corrected chi connectivity index (χ0v) is 9.74. The van der Waals surface area contributed by atoms with Crippen LogP contribution in [0.25, 0.3) is 0 Å². The summed E-state index contributed by atoms with van der Waals surface area (Å²) in [6.45, 7) is 1.54. The smallest absolute Gasteiger partial charge is 0.334 e. The van der Waals surface area contributed by atoms with Crippen LogP contribution < -0.4 is 0 Å². The van der Waals surface area contributed by atoms with Gasteiger partial charge in [0.05, 0.1) is 17.0 Å². The minimum absolute atomic E-state index is 0.0745. The molecule has 0 aliphatic rings. The molecular formula is C12H11N3O3. The van der Waals surface area contributed by atoms with Gasteiger partial charge in [0.2, 0.25) is 5.76 Å². The quantitative estimate of drug-likeness (QED) is 0.471. The Morgan fingerprint density at radius 2 is 2.17 bits per heavy atom. The summed E-state index contributed by atoms with van der Waals surface area (Å²) in [6, 6.07) is 9.32. The Morgan fingerprint density at radius 3 is 2.83 bits per heavy atom. The zero-order valence-electron chi connectivity index (χ0n) is 9.74. The van der Waals surface area contributed by atoms with Crippen LogP contribution in [0.15, 0.2) is 39.8 Å². The Kier molecular flexibility index (Phi) is 3.47. The van der Waals surface area contributed by atoms with Crippen molar-refractivity contribution in [2.45, 2.75) is 13.3 Å². The number of nitrogens with zero attached hydrogens (tertiary/aromatic N) is 3. The third-order valence-electron chi connectivity index (χ3n) is 2.36.